The van der Waals surface area contributed by atoms with Crippen LogP contribution in [0, 0.1) is 29.2 Å². The normalized spacial score (nSPS) is 18.8. The molecule has 0 atom stereocenters. The van der Waals surface area contributed by atoms with Gasteiger partial charge in [-0.25, -0.2) is 22.4 Å². The highest BCUT2D eigenvalue weighted by Gasteiger charge is 2.34. The topological polar surface area (TPSA) is 35.5 Å². The summed E-state index contributed by atoms with van der Waals surface area (Å²) in [6, 6.07) is 2.54. The monoisotopic (exact) mass is 478 g/mol. The van der Waals surface area contributed by atoms with Gasteiger partial charge < -0.3 is 9.47 Å². The highest BCUT2D eigenvalue weighted by atomic mass is 19.4. The van der Waals surface area contributed by atoms with Crippen molar-refractivity contribution < 1.29 is 45.0 Å². The molecule has 2 aromatic rings. The van der Waals surface area contributed by atoms with E-state index in [2.05, 4.69) is 16.4 Å². The highest BCUT2D eigenvalue weighted by Crippen LogP contribution is 2.38. The van der Waals surface area contributed by atoms with Gasteiger partial charge in [-0.2, -0.15) is 0 Å². The molecule has 3 rings (SSSR count). The number of carbonyl (C=O) groups excluding carboxylic acids is 1. The minimum absolute atomic E-state index is 0.0588. The SMILES string of the molecule is CCCC1CCC(c2cc(F)c(C(=O)Oc3cc(F)c(OC(F)(F)F)c(F)c3)c(F)c2)CC1. The van der Waals surface area contributed by atoms with E-state index < -0.39 is 52.7 Å². The number of rotatable bonds is 6. The zero-order valence-electron chi connectivity index (χ0n) is 17.6. The molecule has 0 N–H and O–H groups in total. The van der Waals surface area contributed by atoms with E-state index in [4.69, 9.17) is 0 Å². The molecule has 0 amide bonds. The summed E-state index contributed by atoms with van der Waals surface area (Å²) >= 11 is 0. The van der Waals surface area contributed by atoms with E-state index >= 15 is 0 Å². The van der Waals surface area contributed by atoms with E-state index in [0.717, 1.165) is 50.7 Å². The molecule has 0 bridgehead atoms. The van der Waals surface area contributed by atoms with Crippen LogP contribution in [0.2, 0.25) is 0 Å². The van der Waals surface area contributed by atoms with E-state index in [-0.39, 0.29) is 18.1 Å². The maximum Gasteiger partial charge on any atom is 0.573 e. The Kier molecular flexibility index (Phi) is 7.54. The second kappa shape index (κ2) is 10.0. The largest absolute Gasteiger partial charge is 0.573 e. The number of alkyl halides is 3. The van der Waals surface area contributed by atoms with Crippen LogP contribution in [-0.4, -0.2) is 12.3 Å². The second-order valence-corrected chi connectivity index (χ2v) is 8.02. The molecule has 0 spiro atoms. The lowest BCUT2D eigenvalue weighted by molar-refractivity contribution is -0.276. The molecule has 0 aromatic heterocycles. The summed E-state index contributed by atoms with van der Waals surface area (Å²) in [6.45, 7) is 2.10. The first-order valence-electron chi connectivity index (χ1n) is 10.4. The fourth-order valence-electron chi connectivity index (χ4n) is 4.18. The summed E-state index contributed by atoms with van der Waals surface area (Å²) in [6.07, 6.45) is 0.221. The number of benzene rings is 2. The third kappa shape index (κ3) is 6.17. The van der Waals surface area contributed by atoms with Gasteiger partial charge in [0.2, 0.25) is 5.75 Å². The molecule has 2 aromatic carbocycles. The Balaban J connectivity index is 1.76. The van der Waals surface area contributed by atoms with Crippen LogP contribution in [0.25, 0.3) is 0 Å². The summed E-state index contributed by atoms with van der Waals surface area (Å²) < 4.78 is 101. The van der Waals surface area contributed by atoms with Crippen LogP contribution in [0.1, 0.15) is 67.3 Å². The number of esters is 1. The Bertz CT molecular complexity index is 966. The zero-order valence-corrected chi connectivity index (χ0v) is 17.6. The lowest BCUT2D eigenvalue weighted by atomic mass is 9.77. The molecule has 3 nitrogen and oxygen atoms in total. The van der Waals surface area contributed by atoms with Gasteiger partial charge in [-0.15, -0.1) is 13.2 Å². The summed E-state index contributed by atoms with van der Waals surface area (Å²) in [5, 5.41) is 0. The van der Waals surface area contributed by atoms with Crippen molar-refractivity contribution in [2.45, 2.75) is 57.7 Å². The number of halogens is 7. The van der Waals surface area contributed by atoms with E-state index in [1.807, 2.05) is 0 Å². The summed E-state index contributed by atoms with van der Waals surface area (Å²) in [4.78, 5) is 12.2. The zero-order chi connectivity index (χ0) is 24.3. The average molecular weight is 478 g/mol. The van der Waals surface area contributed by atoms with Crippen molar-refractivity contribution in [3.8, 4) is 11.5 Å². The standard InChI is InChI=1S/C23H21F7O3/c1-2-3-12-4-6-13(7-5-12)14-8-16(24)20(17(25)9-14)22(31)32-15-10-18(26)21(19(27)11-15)33-23(28,29)30/h8-13H,2-7H2,1H3. The average Bonchev–Trinajstić information content (AvgIpc) is 2.70. The van der Waals surface area contributed by atoms with Gasteiger partial charge in [-0.05, 0) is 55.2 Å². The Morgan fingerprint density at radius 2 is 1.45 bits per heavy atom. The van der Waals surface area contributed by atoms with Crippen molar-refractivity contribution in [3.63, 3.8) is 0 Å². The highest BCUT2D eigenvalue weighted by molar-refractivity contribution is 5.91. The Labute approximate surface area is 185 Å². The maximum absolute atomic E-state index is 14.6. The van der Waals surface area contributed by atoms with Crippen molar-refractivity contribution in [1.82, 2.24) is 0 Å². The predicted octanol–water partition coefficient (Wildman–Crippen LogP) is 7.43. The van der Waals surface area contributed by atoms with Gasteiger partial charge in [-0.1, -0.05) is 19.8 Å². The minimum atomic E-state index is -5.36. The van der Waals surface area contributed by atoms with E-state index in [1.54, 1.807) is 0 Å². The fraction of sp³-hybridized carbons (Fsp3) is 0.435. The molecule has 0 radical (unpaired) electrons. The molecule has 1 aliphatic carbocycles. The van der Waals surface area contributed by atoms with Crippen LogP contribution in [0.15, 0.2) is 24.3 Å². The van der Waals surface area contributed by atoms with Crippen LogP contribution in [0.4, 0.5) is 30.7 Å². The van der Waals surface area contributed by atoms with E-state index in [1.165, 1.54) is 0 Å². The molecule has 1 saturated carbocycles. The third-order valence-electron chi connectivity index (χ3n) is 5.68. The molecular formula is C23H21F7O3. The summed E-state index contributed by atoms with van der Waals surface area (Å²) in [5.74, 6) is -9.74. The molecule has 33 heavy (non-hydrogen) atoms. The summed E-state index contributed by atoms with van der Waals surface area (Å²) in [5.41, 5.74) is -0.669. The molecule has 0 aliphatic heterocycles. The smallest absolute Gasteiger partial charge is 0.423 e. The number of carbonyl (C=O) groups is 1. The molecule has 1 aliphatic rings. The summed E-state index contributed by atoms with van der Waals surface area (Å²) in [7, 11) is 0. The molecular weight excluding hydrogens is 457 g/mol. The Morgan fingerprint density at radius 3 is 1.94 bits per heavy atom. The van der Waals surface area contributed by atoms with Crippen molar-refractivity contribution in [1.29, 1.82) is 0 Å². The van der Waals surface area contributed by atoms with Crippen molar-refractivity contribution in [3.05, 3.63) is 58.7 Å². The first-order chi connectivity index (χ1) is 15.5. The molecule has 1 fully saturated rings. The lowest BCUT2D eigenvalue weighted by Crippen LogP contribution is -2.19. The van der Waals surface area contributed by atoms with Gasteiger partial charge in [-0.3, -0.25) is 0 Å². The first kappa shape index (κ1) is 24.9. The van der Waals surface area contributed by atoms with Gasteiger partial charge in [0.15, 0.2) is 11.6 Å². The molecule has 0 heterocycles. The first-order valence-corrected chi connectivity index (χ1v) is 10.4. The number of hydrogen-bond acceptors (Lipinski definition) is 3. The number of ether oxygens (including phenoxy) is 2. The Hall–Kier alpha value is -2.78. The number of hydrogen-bond donors (Lipinski definition) is 0. The van der Waals surface area contributed by atoms with Crippen molar-refractivity contribution >= 4 is 5.97 Å². The van der Waals surface area contributed by atoms with E-state index in [9.17, 15) is 35.5 Å². The molecule has 0 unspecified atom stereocenters. The van der Waals surface area contributed by atoms with E-state index in [0.29, 0.717) is 11.5 Å². The predicted molar refractivity (Wildman–Crippen MR) is 104 cm³/mol. The van der Waals surface area contributed by atoms with Crippen LogP contribution >= 0.6 is 0 Å². The molecule has 0 saturated heterocycles. The molecule has 180 valence electrons. The second-order valence-electron chi connectivity index (χ2n) is 8.02. The van der Waals surface area contributed by atoms with Crippen molar-refractivity contribution in [2.24, 2.45) is 5.92 Å². The van der Waals surface area contributed by atoms with Gasteiger partial charge in [0.25, 0.3) is 0 Å². The quantitative estimate of drug-likeness (QED) is 0.246. The van der Waals surface area contributed by atoms with Gasteiger partial charge in [0.05, 0.1) is 0 Å². The van der Waals surface area contributed by atoms with Crippen LogP contribution < -0.4 is 9.47 Å². The third-order valence-corrected chi connectivity index (χ3v) is 5.68. The maximum atomic E-state index is 14.6. The lowest BCUT2D eigenvalue weighted by Gasteiger charge is -2.28. The van der Waals surface area contributed by atoms with Crippen LogP contribution in [-0.2, 0) is 0 Å². The van der Waals surface area contributed by atoms with Crippen molar-refractivity contribution in [2.75, 3.05) is 0 Å². The van der Waals surface area contributed by atoms with Gasteiger partial charge in [0.1, 0.15) is 22.9 Å². The van der Waals surface area contributed by atoms with Crippen LogP contribution in [0.3, 0.4) is 0 Å². The molecule has 10 heteroatoms. The van der Waals surface area contributed by atoms with Gasteiger partial charge in [0, 0.05) is 12.1 Å². The Morgan fingerprint density at radius 1 is 0.909 bits per heavy atom. The minimum Gasteiger partial charge on any atom is -0.423 e. The van der Waals surface area contributed by atoms with Gasteiger partial charge >= 0.3 is 12.3 Å². The fourth-order valence-corrected chi connectivity index (χ4v) is 4.18. The van der Waals surface area contributed by atoms with Crippen LogP contribution in [0.5, 0.6) is 11.5 Å².